The summed E-state index contributed by atoms with van der Waals surface area (Å²) in [6, 6.07) is -6.59. The minimum atomic E-state index is -1.55. The Hall–Kier alpha value is -3.17. The second-order valence-electron chi connectivity index (χ2n) is 9.37. The van der Waals surface area contributed by atoms with Crippen molar-refractivity contribution in [3.63, 3.8) is 0 Å². The molecule has 20 heteroatoms. The number of hydrogen-bond donors (Lipinski definition) is 10. The molecule has 0 aliphatic rings. The molecule has 0 spiro atoms. The highest BCUT2D eigenvalue weighted by atomic mass is 32.2. The van der Waals surface area contributed by atoms with Crippen LogP contribution in [0.4, 0.5) is 0 Å². The van der Waals surface area contributed by atoms with Gasteiger partial charge in [0.2, 0.25) is 35.4 Å². The van der Waals surface area contributed by atoms with E-state index in [-0.39, 0.29) is 12.8 Å². The Morgan fingerprint density at radius 2 is 1.25 bits per heavy atom. The Bertz CT molecular complexity index is 990. The van der Waals surface area contributed by atoms with Crippen LogP contribution in [0.2, 0.25) is 0 Å². The minimum absolute atomic E-state index is 0.0545. The molecule has 0 aromatic heterocycles. The second-order valence-corrected chi connectivity index (χ2v) is 11.3. The van der Waals surface area contributed by atoms with E-state index in [1.54, 1.807) is 12.5 Å². The van der Waals surface area contributed by atoms with Gasteiger partial charge in [-0.15, -0.1) is 0 Å². The molecule has 0 heterocycles. The lowest BCUT2D eigenvalue weighted by Gasteiger charge is -2.26. The number of aliphatic hydroxyl groups excluding tert-OH is 2. The summed E-state index contributed by atoms with van der Waals surface area (Å²) in [6.07, 6.45) is 2.41. The van der Waals surface area contributed by atoms with E-state index in [4.69, 9.17) is 11.0 Å². The van der Waals surface area contributed by atoms with Crippen molar-refractivity contribution in [2.75, 3.05) is 43.8 Å². The molecule has 44 heavy (non-hydrogen) atoms. The van der Waals surface area contributed by atoms with Gasteiger partial charge in [-0.05, 0) is 50.7 Å². The summed E-state index contributed by atoms with van der Waals surface area (Å²) in [5.74, 6) is -0.596. The summed E-state index contributed by atoms with van der Waals surface area (Å²) in [5.41, 5.74) is 0. The van der Waals surface area contributed by atoms with Crippen LogP contribution in [-0.4, -0.2) is 137 Å². The molecule has 1 unspecified atom stereocenters. The zero-order chi connectivity index (χ0) is 33.8. The number of nitrogens with one attached hydrogen (secondary N) is 6. The number of hydrogen-bond acceptors (Lipinski definition) is 13. The molecule has 0 aromatic rings. The fourth-order valence-corrected chi connectivity index (χ4v) is 4.34. The average molecular weight is 670 g/mol. The zero-order valence-electron chi connectivity index (χ0n) is 24.9. The lowest BCUT2D eigenvalue weighted by atomic mass is 10.1. The normalized spacial score (nSPS) is 14.9. The monoisotopic (exact) mass is 669 g/mol. The summed E-state index contributed by atoms with van der Waals surface area (Å²) in [4.78, 5) is 90.6. The van der Waals surface area contributed by atoms with E-state index in [1.165, 1.54) is 37.4 Å². The predicted molar refractivity (Wildman–Crippen MR) is 161 cm³/mol. The molecule has 0 aromatic carbocycles. The topological polar surface area (TPSA) is 288 Å². The van der Waals surface area contributed by atoms with E-state index in [0.717, 1.165) is 0 Å². The van der Waals surface area contributed by atoms with E-state index in [1.807, 2.05) is 5.32 Å². The number of carbonyl (C=O) groups is 7. The summed E-state index contributed by atoms with van der Waals surface area (Å²) in [7, 11) is 0. The van der Waals surface area contributed by atoms with E-state index in [2.05, 4.69) is 31.4 Å². The van der Waals surface area contributed by atoms with Crippen molar-refractivity contribution in [2.45, 2.75) is 63.0 Å². The number of nitrogens with two attached hydrogens (primary N) is 1. The SMILES string of the molecule is CSCC[C@H](NC(=O)CON)C(=O)N[C@@H](C)C(=O)N[C@@H](CO)C(=O)N[C@@H](CCSC)C(=O)N[C@H](C(=O)NCC(=O)O)C(C)O. The highest BCUT2D eigenvalue weighted by Gasteiger charge is 2.32. The van der Waals surface area contributed by atoms with Gasteiger partial charge in [-0.3, -0.25) is 38.4 Å². The van der Waals surface area contributed by atoms with Crippen molar-refractivity contribution in [1.29, 1.82) is 0 Å². The fraction of sp³-hybridized carbons (Fsp3) is 0.708. The maximum Gasteiger partial charge on any atom is 0.322 e. The van der Waals surface area contributed by atoms with Crippen LogP contribution in [-0.2, 0) is 38.4 Å². The first-order chi connectivity index (χ1) is 20.7. The van der Waals surface area contributed by atoms with Gasteiger partial charge in [-0.2, -0.15) is 23.5 Å². The number of amides is 6. The third-order valence-corrected chi connectivity index (χ3v) is 7.05. The van der Waals surface area contributed by atoms with E-state index in [0.29, 0.717) is 11.5 Å². The molecule has 0 rings (SSSR count). The highest BCUT2D eigenvalue weighted by Crippen LogP contribution is 2.05. The Morgan fingerprint density at radius 1 is 0.750 bits per heavy atom. The largest absolute Gasteiger partial charge is 0.480 e. The number of carbonyl (C=O) groups excluding carboxylic acids is 6. The standard InChI is InChI=1S/C24H43N7O11S2/c1-12(27-21(38)14(5-7-43-3)28-17(34)11-42-25)20(37)30-16(10-32)23(40)29-15(6-8-44-4)22(39)31-19(13(2)33)24(41)26-9-18(35)36/h12-16,19,32-33H,5-11,25H2,1-4H3,(H,26,41)(H,27,38)(H,28,34)(H,29,40)(H,30,37)(H,31,39)(H,35,36)/t12-,13?,14-,15-,16-,19-/m0/s1. The van der Waals surface area contributed by atoms with Gasteiger partial charge < -0.3 is 47.2 Å². The maximum atomic E-state index is 13.0. The van der Waals surface area contributed by atoms with Crippen LogP contribution in [0.3, 0.4) is 0 Å². The van der Waals surface area contributed by atoms with Crippen molar-refractivity contribution in [3.8, 4) is 0 Å². The first-order valence-corrected chi connectivity index (χ1v) is 16.1. The summed E-state index contributed by atoms with van der Waals surface area (Å²) < 4.78 is 0. The van der Waals surface area contributed by atoms with Gasteiger partial charge in [0.1, 0.15) is 43.4 Å². The number of thioether (sulfide) groups is 2. The van der Waals surface area contributed by atoms with E-state index in [9.17, 15) is 43.8 Å². The quantitative estimate of drug-likeness (QED) is 0.0486. The minimum Gasteiger partial charge on any atom is -0.480 e. The molecule has 0 aliphatic carbocycles. The third kappa shape index (κ3) is 16.1. The first kappa shape index (κ1) is 40.8. The number of rotatable bonds is 22. The Kier molecular flexibility index (Phi) is 20.7. The van der Waals surface area contributed by atoms with Crippen LogP contribution in [0.5, 0.6) is 0 Å². The van der Waals surface area contributed by atoms with Crippen LogP contribution in [0, 0.1) is 0 Å². The molecule has 18 nitrogen and oxygen atoms in total. The molecule has 6 amide bonds. The van der Waals surface area contributed by atoms with Crippen LogP contribution in [0.1, 0.15) is 26.7 Å². The van der Waals surface area contributed by atoms with Gasteiger partial charge in [0.05, 0.1) is 12.7 Å². The number of carboxylic acids is 1. The Labute approximate surface area is 263 Å². The number of aliphatic hydroxyl groups is 2. The molecule has 11 N–H and O–H groups in total. The predicted octanol–water partition coefficient (Wildman–Crippen LogP) is -4.60. The molecule has 6 atom stereocenters. The second kappa shape index (κ2) is 22.4. The van der Waals surface area contributed by atoms with Crippen molar-refractivity contribution in [3.05, 3.63) is 0 Å². The molecule has 252 valence electrons. The van der Waals surface area contributed by atoms with E-state index < -0.39 is 97.5 Å². The maximum absolute atomic E-state index is 13.0. The average Bonchev–Trinajstić information content (AvgIpc) is 2.96. The van der Waals surface area contributed by atoms with E-state index >= 15 is 0 Å². The Morgan fingerprint density at radius 3 is 1.73 bits per heavy atom. The summed E-state index contributed by atoms with van der Waals surface area (Å²) in [5, 5.41) is 42.4. The van der Waals surface area contributed by atoms with Crippen molar-refractivity contribution in [2.24, 2.45) is 5.90 Å². The Balaban J connectivity index is 5.48. The molecule has 0 saturated carbocycles. The molecule has 0 radical (unpaired) electrons. The molecule has 0 bridgehead atoms. The van der Waals surface area contributed by atoms with Crippen LogP contribution < -0.4 is 37.8 Å². The third-order valence-electron chi connectivity index (χ3n) is 5.76. The summed E-state index contributed by atoms with van der Waals surface area (Å²) in [6.45, 7) is 0.397. The van der Waals surface area contributed by atoms with Crippen LogP contribution in [0.15, 0.2) is 0 Å². The van der Waals surface area contributed by atoms with Gasteiger partial charge in [0, 0.05) is 0 Å². The first-order valence-electron chi connectivity index (χ1n) is 13.3. The highest BCUT2D eigenvalue weighted by molar-refractivity contribution is 7.98. The van der Waals surface area contributed by atoms with Gasteiger partial charge in [-0.1, -0.05) is 0 Å². The fourth-order valence-electron chi connectivity index (χ4n) is 3.40. The zero-order valence-corrected chi connectivity index (χ0v) is 26.5. The van der Waals surface area contributed by atoms with Crippen molar-refractivity contribution in [1.82, 2.24) is 31.9 Å². The van der Waals surface area contributed by atoms with Crippen molar-refractivity contribution >= 4 is 64.9 Å². The molecule has 0 saturated heterocycles. The molecular formula is C24H43N7O11S2. The summed E-state index contributed by atoms with van der Waals surface area (Å²) >= 11 is 2.77. The van der Waals surface area contributed by atoms with Crippen LogP contribution in [0.25, 0.3) is 0 Å². The number of carboxylic acid groups (broad SMARTS) is 1. The van der Waals surface area contributed by atoms with Crippen LogP contribution >= 0.6 is 23.5 Å². The molecule has 0 fully saturated rings. The smallest absolute Gasteiger partial charge is 0.322 e. The molecular weight excluding hydrogens is 626 g/mol. The lowest BCUT2D eigenvalue weighted by Crippen LogP contribution is -2.60. The number of aliphatic carboxylic acids is 1. The van der Waals surface area contributed by atoms with Gasteiger partial charge in [0.25, 0.3) is 0 Å². The van der Waals surface area contributed by atoms with Gasteiger partial charge >= 0.3 is 5.97 Å². The van der Waals surface area contributed by atoms with Crippen molar-refractivity contribution < 1.29 is 53.7 Å². The van der Waals surface area contributed by atoms with Gasteiger partial charge in [0.15, 0.2) is 0 Å². The van der Waals surface area contributed by atoms with Gasteiger partial charge in [-0.25, -0.2) is 5.90 Å². The molecule has 0 aliphatic heterocycles. The lowest BCUT2D eigenvalue weighted by molar-refractivity contribution is -0.139.